The van der Waals surface area contributed by atoms with Crippen LogP contribution in [0.4, 0.5) is 0 Å². The first kappa shape index (κ1) is 18.4. The number of allylic oxidation sites excluding steroid dienone is 2. The Morgan fingerprint density at radius 1 is 1.55 bits per heavy atom. The highest BCUT2D eigenvalue weighted by Gasteiger charge is 2.12. The van der Waals surface area contributed by atoms with Crippen molar-refractivity contribution < 1.29 is 14.7 Å². The summed E-state index contributed by atoms with van der Waals surface area (Å²) in [5.74, 6) is -0.822. The Morgan fingerprint density at radius 3 is 2.70 bits per heavy atom. The van der Waals surface area contributed by atoms with Crippen LogP contribution in [0.2, 0.25) is 0 Å². The van der Waals surface area contributed by atoms with Crippen LogP contribution in [0, 0.1) is 0 Å². The highest BCUT2D eigenvalue weighted by Crippen LogP contribution is 2.20. The molecule has 20 heavy (non-hydrogen) atoms. The quantitative estimate of drug-likeness (QED) is 0.639. The number of carbonyl (C=O) groups excluding carboxylic acids is 1. The van der Waals surface area contributed by atoms with Gasteiger partial charge in [-0.2, -0.15) is 0 Å². The molecule has 1 rings (SSSR count). The summed E-state index contributed by atoms with van der Waals surface area (Å²) in [5.41, 5.74) is 1.60. The van der Waals surface area contributed by atoms with Gasteiger partial charge in [0.05, 0.1) is 11.3 Å². The summed E-state index contributed by atoms with van der Waals surface area (Å²) in [6.07, 6.45) is 5.09. The predicted octanol–water partition coefficient (Wildman–Crippen LogP) is 3.78. The maximum absolute atomic E-state index is 11.2. The lowest BCUT2D eigenvalue weighted by molar-refractivity contribution is -0.115. The molecule has 0 unspecified atom stereocenters. The van der Waals surface area contributed by atoms with Gasteiger partial charge in [0.2, 0.25) is 0 Å². The second-order valence-corrected chi connectivity index (χ2v) is 4.66. The van der Waals surface area contributed by atoms with E-state index in [0.29, 0.717) is 11.4 Å². The van der Waals surface area contributed by atoms with Gasteiger partial charge >= 0.3 is 5.97 Å². The summed E-state index contributed by atoms with van der Waals surface area (Å²) in [5, 5.41) is 9.25. The molecule has 0 aromatic carbocycles. The van der Waals surface area contributed by atoms with E-state index in [2.05, 4.69) is 11.6 Å². The summed E-state index contributed by atoms with van der Waals surface area (Å²) >= 11 is 6.14. The number of rotatable bonds is 6. The zero-order chi connectivity index (χ0) is 15.4. The van der Waals surface area contributed by atoms with Crippen LogP contribution in [0.1, 0.15) is 23.7 Å². The van der Waals surface area contributed by atoms with Crippen LogP contribution in [0.25, 0.3) is 0 Å². The summed E-state index contributed by atoms with van der Waals surface area (Å²) in [6.45, 7) is 5.33. The van der Waals surface area contributed by atoms with Gasteiger partial charge in [0.1, 0.15) is 10.8 Å². The Balaban J connectivity index is 0.000000796. The summed E-state index contributed by atoms with van der Waals surface area (Å²) in [6, 6.07) is 3.02. The van der Waals surface area contributed by atoms with E-state index in [-0.39, 0.29) is 17.1 Å². The van der Waals surface area contributed by atoms with Crippen molar-refractivity contribution in [2.24, 2.45) is 0 Å². The van der Waals surface area contributed by atoms with Crippen LogP contribution in [0.5, 0.6) is 0 Å². The standard InChI is InChI=1S/C11H11NO3S.C3H5Cl/c1-2-4-8(13)7-16-10-9(11(14)15)5-3-6-12-10;1-2-3-4/h2-3,5-6H,1,4,7H2,(H,14,15);2-3H,1H3/b;3-2+. The molecule has 1 N–H and O–H groups in total. The first-order valence-corrected chi connectivity index (χ1v) is 7.14. The van der Waals surface area contributed by atoms with Gasteiger partial charge < -0.3 is 5.11 Å². The van der Waals surface area contributed by atoms with Gasteiger partial charge in [-0.1, -0.05) is 35.5 Å². The number of pyridine rings is 1. The molecule has 0 saturated heterocycles. The third-order valence-electron chi connectivity index (χ3n) is 1.87. The number of aromatic nitrogens is 1. The Labute approximate surface area is 127 Å². The molecule has 0 atom stereocenters. The van der Waals surface area contributed by atoms with Crippen LogP contribution < -0.4 is 0 Å². The maximum atomic E-state index is 11.2. The maximum Gasteiger partial charge on any atom is 0.338 e. The van der Waals surface area contributed by atoms with Gasteiger partial charge in [-0.3, -0.25) is 4.79 Å². The lowest BCUT2D eigenvalue weighted by Gasteiger charge is -2.02. The van der Waals surface area contributed by atoms with Gasteiger partial charge in [0.15, 0.2) is 0 Å². The second kappa shape index (κ2) is 11.3. The fourth-order valence-corrected chi connectivity index (χ4v) is 1.90. The number of carboxylic acid groups (broad SMARTS) is 1. The Morgan fingerprint density at radius 2 is 2.20 bits per heavy atom. The van der Waals surface area contributed by atoms with Crippen molar-refractivity contribution in [3.8, 4) is 0 Å². The van der Waals surface area contributed by atoms with Crippen molar-refractivity contribution in [1.29, 1.82) is 0 Å². The average molecular weight is 314 g/mol. The molecule has 1 heterocycles. The number of aromatic carboxylic acids is 1. The number of Topliss-reactive ketones (excluding diaryl/α,β-unsaturated/α-hetero) is 1. The fraction of sp³-hybridized carbons (Fsp3) is 0.214. The minimum absolute atomic E-state index is 0.00184. The highest BCUT2D eigenvalue weighted by molar-refractivity contribution is 8.00. The minimum atomic E-state index is -1.04. The third kappa shape index (κ3) is 7.76. The number of halogens is 1. The van der Waals surface area contributed by atoms with E-state index in [4.69, 9.17) is 16.7 Å². The van der Waals surface area contributed by atoms with Crippen LogP contribution in [-0.2, 0) is 4.79 Å². The molecule has 0 fully saturated rings. The SMILES string of the molecule is C/C=C/Cl.C=CCC(=O)CSc1ncccc1C(=O)O. The molecule has 0 aliphatic heterocycles. The Hall–Kier alpha value is -1.59. The molecule has 6 heteroatoms. The van der Waals surface area contributed by atoms with E-state index in [9.17, 15) is 9.59 Å². The summed E-state index contributed by atoms with van der Waals surface area (Å²) in [4.78, 5) is 26.0. The molecule has 0 aliphatic carbocycles. The molecule has 1 aromatic rings. The van der Waals surface area contributed by atoms with Crippen molar-refractivity contribution >= 4 is 35.1 Å². The van der Waals surface area contributed by atoms with Crippen molar-refractivity contribution in [3.63, 3.8) is 0 Å². The van der Waals surface area contributed by atoms with Crippen LogP contribution in [-0.4, -0.2) is 27.6 Å². The first-order valence-electron chi connectivity index (χ1n) is 5.71. The fourth-order valence-electron chi connectivity index (χ4n) is 1.04. The van der Waals surface area contributed by atoms with Crippen molar-refractivity contribution in [1.82, 2.24) is 4.98 Å². The molecule has 0 bridgehead atoms. The molecular weight excluding hydrogens is 298 g/mol. The lowest BCUT2D eigenvalue weighted by atomic mass is 10.3. The molecule has 0 radical (unpaired) electrons. The molecule has 0 amide bonds. The molecule has 0 aliphatic rings. The van der Waals surface area contributed by atoms with E-state index < -0.39 is 5.97 Å². The molecular formula is C14H16ClNO3S. The smallest absolute Gasteiger partial charge is 0.338 e. The molecule has 0 saturated carbocycles. The summed E-state index contributed by atoms with van der Waals surface area (Å²) in [7, 11) is 0. The van der Waals surface area contributed by atoms with E-state index in [1.165, 1.54) is 23.9 Å². The largest absolute Gasteiger partial charge is 0.478 e. The molecule has 4 nitrogen and oxygen atoms in total. The normalized spacial score (nSPS) is 9.70. The highest BCUT2D eigenvalue weighted by atomic mass is 35.5. The zero-order valence-electron chi connectivity index (χ0n) is 11.1. The number of hydrogen-bond acceptors (Lipinski definition) is 4. The Kier molecular flexibility index (Phi) is 10.4. The van der Waals surface area contributed by atoms with E-state index in [1.54, 1.807) is 12.1 Å². The lowest BCUT2D eigenvalue weighted by Crippen LogP contribution is -2.04. The van der Waals surface area contributed by atoms with Crippen LogP contribution in [0.3, 0.4) is 0 Å². The topological polar surface area (TPSA) is 67.3 Å². The van der Waals surface area contributed by atoms with Gasteiger partial charge in [-0.25, -0.2) is 9.78 Å². The summed E-state index contributed by atoms with van der Waals surface area (Å²) < 4.78 is 0. The number of carboxylic acids is 1. The van der Waals surface area contributed by atoms with Gasteiger partial charge in [-0.05, 0) is 24.6 Å². The monoisotopic (exact) mass is 313 g/mol. The van der Waals surface area contributed by atoms with Crippen molar-refractivity contribution in [2.45, 2.75) is 18.4 Å². The van der Waals surface area contributed by atoms with Gasteiger partial charge in [-0.15, -0.1) is 6.58 Å². The van der Waals surface area contributed by atoms with Crippen LogP contribution in [0.15, 0.2) is 47.6 Å². The molecule has 0 spiro atoms. The second-order valence-electron chi connectivity index (χ2n) is 3.44. The molecule has 108 valence electrons. The minimum Gasteiger partial charge on any atom is -0.478 e. The predicted molar refractivity (Wildman–Crippen MR) is 82.4 cm³/mol. The van der Waals surface area contributed by atoms with Crippen LogP contribution >= 0.6 is 23.4 Å². The zero-order valence-corrected chi connectivity index (χ0v) is 12.7. The van der Waals surface area contributed by atoms with E-state index in [0.717, 1.165) is 11.8 Å². The van der Waals surface area contributed by atoms with E-state index in [1.807, 2.05) is 6.92 Å². The number of nitrogens with zero attached hydrogens (tertiary/aromatic N) is 1. The number of hydrogen-bond donors (Lipinski definition) is 1. The average Bonchev–Trinajstić information content (AvgIpc) is 2.46. The number of ketones is 1. The van der Waals surface area contributed by atoms with Gasteiger partial charge in [0.25, 0.3) is 0 Å². The van der Waals surface area contributed by atoms with Crippen molar-refractivity contribution in [3.05, 3.63) is 48.2 Å². The van der Waals surface area contributed by atoms with E-state index >= 15 is 0 Å². The third-order valence-corrected chi connectivity index (χ3v) is 3.19. The van der Waals surface area contributed by atoms with Crippen molar-refractivity contribution in [2.75, 3.05) is 5.75 Å². The van der Waals surface area contributed by atoms with Gasteiger partial charge in [0, 0.05) is 12.6 Å². The Bertz CT molecular complexity index is 485. The number of carbonyl (C=O) groups is 2. The molecule has 1 aromatic heterocycles. The number of thioether (sulfide) groups is 1. The first-order chi connectivity index (χ1) is 9.56.